The van der Waals surface area contributed by atoms with Crippen molar-refractivity contribution in [2.75, 3.05) is 0 Å². The summed E-state index contributed by atoms with van der Waals surface area (Å²) in [5.74, 6) is -0.0399. The van der Waals surface area contributed by atoms with E-state index in [-0.39, 0.29) is 23.9 Å². The van der Waals surface area contributed by atoms with E-state index in [2.05, 4.69) is 15.4 Å². The Bertz CT molecular complexity index is 684. The molecule has 0 spiro atoms. The standard InChI is InChI=1S/C14H21N5O2/c1-4-10(5-2)17-12(20)6-7-19-9-15-13-11(14(19)21)8-16-18(13)3/h8-10H,4-7H2,1-3H3,(H,17,20). The van der Waals surface area contributed by atoms with E-state index in [9.17, 15) is 9.59 Å². The Morgan fingerprint density at radius 2 is 2.10 bits per heavy atom. The van der Waals surface area contributed by atoms with E-state index in [0.717, 1.165) is 12.8 Å². The molecule has 21 heavy (non-hydrogen) atoms. The van der Waals surface area contributed by atoms with Crippen LogP contribution in [-0.2, 0) is 18.4 Å². The van der Waals surface area contributed by atoms with Crippen LogP contribution >= 0.6 is 0 Å². The molecule has 0 aromatic carbocycles. The van der Waals surface area contributed by atoms with E-state index in [1.807, 2.05) is 13.8 Å². The third-order valence-corrected chi connectivity index (χ3v) is 3.65. The number of hydrogen-bond donors (Lipinski definition) is 1. The van der Waals surface area contributed by atoms with Crippen molar-refractivity contribution in [2.24, 2.45) is 7.05 Å². The molecule has 0 aliphatic carbocycles. The van der Waals surface area contributed by atoms with Crippen LogP contribution in [0.1, 0.15) is 33.1 Å². The second kappa shape index (κ2) is 6.51. The highest BCUT2D eigenvalue weighted by molar-refractivity contribution is 5.76. The second-order valence-electron chi connectivity index (χ2n) is 5.08. The Balaban J connectivity index is 2.05. The topological polar surface area (TPSA) is 81.8 Å². The molecular formula is C14H21N5O2. The summed E-state index contributed by atoms with van der Waals surface area (Å²) in [6, 6.07) is 0.202. The van der Waals surface area contributed by atoms with Crippen LogP contribution in [-0.4, -0.2) is 31.3 Å². The van der Waals surface area contributed by atoms with E-state index in [0.29, 0.717) is 17.6 Å². The van der Waals surface area contributed by atoms with Crippen LogP contribution in [0.4, 0.5) is 0 Å². The molecule has 2 aromatic heterocycles. The van der Waals surface area contributed by atoms with Crippen LogP contribution in [0.3, 0.4) is 0 Å². The molecule has 0 saturated carbocycles. The molecule has 0 unspecified atom stereocenters. The minimum Gasteiger partial charge on any atom is -0.353 e. The van der Waals surface area contributed by atoms with Crippen LogP contribution in [0.15, 0.2) is 17.3 Å². The zero-order chi connectivity index (χ0) is 15.4. The summed E-state index contributed by atoms with van der Waals surface area (Å²) >= 11 is 0. The molecule has 0 saturated heterocycles. The molecule has 0 aliphatic rings. The van der Waals surface area contributed by atoms with Gasteiger partial charge in [-0.3, -0.25) is 18.8 Å². The first-order valence-corrected chi connectivity index (χ1v) is 7.23. The quantitative estimate of drug-likeness (QED) is 0.854. The van der Waals surface area contributed by atoms with E-state index in [1.165, 1.54) is 17.1 Å². The summed E-state index contributed by atoms with van der Waals surface area (Å²) in [6.45, 7) is 4.40. The number of nitrogens with zero attached hydrogens (tertiary/aromatic N) is 4. The largest absolute Gasteiger partial charge is 0.353 e. The number of carbonyl (C=O) groups is 1. The Morgan fingerprint density at radius 3 is 2.76 bits per heavy atom. The van der Waals surface area contributed by atoms with Crippen molar-refractivity contribution in [3.05, 3.63) is 22.9 Å². The first kappa shape index (κ1) is 15.2. The second-order valence-corrected chi connectivity index (χ2v) is 5.08. The molecule has 1 N–H and O–H groups in total. The molecule has 114 valence electrons. The lowest BCUT2D eigenvalue weighted by atomic mass is 10.1. The molecule has 0 atom stereocenters. The fraction of sp³-hybridized carbons (Fsp3) is 0.571. The summed E-state index contributed by atoms with van der Waals surface area (Å²) in [5.41, 5.74) is 0.390. The van der Waals surface area contributed by atoms with Gasteiger partial charge < -0.3 is 5.32 Å². The maximum atomic E-state index is 12.2. The summed E-state index contributed by atoms with van der Waals surface area (Å²) < 4.78 is 3.01. The maximum absolute atomic E-state index is 12.2. The molecular weight excluding hydrogens is 270 g/mol. The molecule has 1 amide bonds. The molecule has 0 fully saturated rings. The first-order valence-electron chi connectivity index (χ1n) is 7.23. The summed E-state index contributed by atoms with van der Waals surface area (Å²) in [4.78, 5) is 28.3. The van der Waals surface area contributed by atoms with E-state index in [1.54, 1.807) is 11.7 Å². The lowest BCUT2D eigenvalue weighted by molar-refractivity contribution is -0.122. The van der Waals surface area contributed by atoms with Gasteiger partial charge in [0.05, 0.1) is 12.5 Å². The lowest BCUT2D eigenvalue weighted by Gasteiger charge is -2.14. The number of aryl methyl sites for hydroxylation is 2. The molecule has 0 bridgehead atoms. The highest BCUT2D eigenvalue weighted by Crippen LogP contribution is 2.03. The van der Waals surface area contributed by atoms with Crippen LogP contribution in [0.2, 0.25) is 0 Å². The van der Waals surface area contributed by atoms with Crippen molar-refractivity contribution < 1.29 is 4.79 Å². The third kappa shape index (κ3) is 3.29. The van der Waals surface area contributed by atoms with Gasteiger partial charge in [0.1, 0.15) is 5.39 Å². The fourth-order valence-corrected chi connectivity index (χ4v) is 2.24. The SMILES string of the molecule is CCC(CC)NC(=O)CCn1cnc2c(cnn2C)c1=O. The Hall–Kier alpha value is -2.18. The maximum Gasteiger partial charge on any atom is 0.264 e. The summed E-state index contributed by atoms with van der Waals surface area (Å²) in [6.07, 6.45) is 5.06. The van der Waals surface area contributed by atoms with Gasteiger partial charge in [-0.15, -0.1) is 0 Å². The van der Waals surface area contributed by atoms with Gasteiger partial charge in [0.15, 0.2) is 5.65 Å². The summed E-state index contributed by atoms with van der Waals surface area (Å²) in [5, 5.41) is 7.44. The average molecular weight is 291 g/mol. The Kier molecular flexibility index (Phi) is 4.72. The van der Waals surface area contributed by atoms with Gasteiger partial charge >= 0.3 is 0 Å². The zero-order valence-corrected chi connectivity index (χ0v) is 12.7. The van der Waals surface area contributed by atoms with Gasteiger partial charge in [0.25, 0.3) is 5.56 Å². The third-order valence-electron chi connectivity index (χ3n) is 3.65. The number of carbonyl (C=O) groups excluding carboxylic acids is 1. The van der Waals surface area contributed by atoms with Gasteiger partial charge in [-0.25, -0.2) is 4.98 Å². The van der Waals surface area contributed by atoms with Gasteiger partial charge in [-0.1, -0.05) is 13.8 Å². The summed E-state index contributed by atoms with van der Waals surface area (Å²) in [7, 11) is 1.74. The number of aromatic nitrogens is 4. The van der Waals surface area contributed by atoms with Crippen molar-refractivity contribution in [3.8, 4) is 0 Å². The number of amides is 1. The van der Waals surface area contributed by atoms with Crippen molar-refractivity contribution in [2.45, 2.75) is 45.7 Å². The van der Waals surface area contributed by atoms with E-state index >= 15 is 0 Å². The van der Waals surface area contributed by atoms with Crippen molar-refractivity contribution in [1.82, 2.24) is 24.6 Å². The molecule has 0 aliphatic heterocycles. The molecule has 2 aromatic rings. The van der Waals surface area contributed by atoms with Crippen LogP contribution in [0, 0.1) is 0 Å². The zero-order valence-electron chi connectivity index (χ0n) is 12.7. The predicted molar refractivity (Wildman–Crippen MR) is 79.9 cm³/mol. The molecule has 2 rings (SSSR count). The highest BCUT2D eigenvalue weighted by atomic mass is 16.2. The number of rotatable bonds is 6. The van der Waals surface area contributed by atoms with Crippen molar-refractivity contribution in [3.63, 3.8) is 0 Å². The number of fused-ring (bicyclic) bond motifs is 1. The van der Waals surface area contributed by atoms with Crippen LogP contribution < -0.4 is 10.9 Å². The monoisotopic (exact) mass is 291 g/mol. The Labute approximate surface area is 123 Å². The molecule has 7 nitrogen and oxygen atoms in total. The molecule has 7 heteroatoms. The molecule has 0 radical (unpaired) electrons. The normalized spacial score (nSPS) is 11.2. The van der Waals surface area contributed by atoms with E-state index in [4.69, 9.17) is 0 Å². The van der Waals surface area contributed by atoms with Crippen LogP contribution in [0.25, 0.3) is 11.0 Å². The lowest BCUT2D eigenvalue weighted by Crippen LogP contribution is -2.35. The van der Waals surface area contributed by atoms with E-state index < -0.39 is 0 Å². The minimum absolute atomic E-state index is 0.0399. The number of nitrogens with one attached hydrogen (secondary N) is 1. The predicted octanol–water partition coefficient (Wildman–Crippen LogP) is 0.825. The van der Waals surface area contributed by atoms with Crippen LogP contribution in [0.5, 0.6) is 0 Å². The Morgan fingerprint density at radius 1 is 1.38 bits per heavy atom. The first-order chi connectivity index (χ1) is 10.1. The average Bonchev–Trinajstić information content (AvgIpc) is 2.86. The molecule has 2 heterocycles. The minimum atomic E-state index is -0.163. The smallest absolute Gasteiger partial charge is 0.264 e. The van der Waals surface area contributed by atoms with Gasteiger partial charge in [0, 0.05) is 26.1 Å². The van der Waals surface area contributed by atoms with Crippen molar-refractivity contribution in [1.29, 1.82) is 0 Å². The van der Waals surface area contributed by atoms with Crippen molar-refractivity contribution >= 4 is 16.9 Å². The van der Waals surface area contributed by atoms with Gasteiger partial charge in [0.2, 0.25) is 5.91 Å². The highest BCUT2D eigenvalue weighted by Gasteiger charge is 2.11. The number of hydrogen-bond acceptors (Lipinski definition) is 4. The fourth-order valence-electron chi connectivity index (χ4n) is 2.24. The van der Waals surface area contributed by atoms with Gasteiger partial charge in [-0.05, 0) is 12.8 Å². The van der Waals surface area contributed by atoms with Gasteiger partial charge in [-0.2, -0.15) is 5.10 Å².